The second-order valence-electron chi connectivity index (χ2n) is 4.78. The van der Waals surface area contributed by atoms with Gasteiger partial charge in [-0.3, -0.25) is 4.90 Å². The van der Waals surface area contributed by atoms with E-state index in [1.807, 2.05) is 32.9 Å². The molecule has 0 saturated carbocycles. The number of cyclic esters (lactones) is 1. The number of carbonyl (C=O) groups excluding carboxylic acids is 1. The van der Waals surface area contributed by atoms with E-state index >= 15 is 0 Å². The maximum absolute atomic E-state index is 11.8. The molecule has 0 radical (unpaired) electrons. The van der Waals surface area contributed by atoms with Crippen molar-refractivity contribution in [2.45, 2.75) is 39.0 Å². The van der Waals surface area contributed by atoms with E-state index in [2.05, 4.69) is 6.07 Å². The third-order valence-corrected chi connectivity index (χ3v) is 3.22. The predicted molar refractivity (Wildman–Crippen MR) is 66.8 cm³/mol. The minimum atomic E-state index is -0.298. The molecule has 1 aliphatic rings. The minimum Gasteiger partial charge on any atom is -0.439 e. The maximum atomic E-state index is 11.8. The first kappa shape index (κ1) is 12.4. The molecule has 4 nitrogen and oxygen atoms in total. The van der Waals surface area contributed by atoms with Crippen LogP contribution in [-0.4, -0.2) is 23.1 Å². The Morgan fingerprint density at radius 1 is 1.44 bits per heavy atom. The van der Waals surface area contributed by atoms with Crippen molar-refractivity contribution in [1.82, 2.24) is 4.90 Å². The van der Waals surface area contributed by atoms with Crippen molar-refractivity contribution in [3.8, 4) is 6.07 Å². The normalized spacial score (nSPS) is 23.1. The summed E-state index contributed by atoms with van der Waals surface area (Å²) in [7, 11) is 0. The third kappa shape index (κ3) is 2.04. The van der Waals surface area contributed by atoms with Crippen LogP contribution in [-0.2, 0) is 4.74 Å². The summed E-state index contributed by atoms with van der Waals surface area (Å²) in [6.45, 7) is 5.90. The van der Waals surface area contributed by atoms with E-state index in [-0.39, 0.29) is 24.3 Å². The van der Waals surface area contributed by atoms with Crippen molar-refractivity contribution in [3.05, 3.63) is 35.4 Å². The van der Waals surface area contributed by atoms with Gasteiger partial charge in [0.2, 0.25) is 0 Å². The Hall–Kier alpha value is -2.02. The Morgan fingerprint density at radius 2 is 2.17 bits per heavy atom. The Morgan fingerprint density at radius 3 is 2.72 bits per heavy atom. The zero-order chi connectivity index (χ0) is 13.3. The van der Waals surface area contributed by atoms with Crippen LogP contribution in [0.4, 0.5) is 4.79 Å². The van der Waals surface area contributed by atoms with Gasteiger partial charge in [0.15, 0.2) is 0 Å². The summed E-state index contributed by atoms with van der Waals surface area (Å²) >= 11 is 0. The number of nitriles is 1. The highest BCUT2D eigenvalue weighted by molar-refractivity contribution is 5.71. The molecule has 1 fully saturated rings. The first-order valence-electron chi connectivity index (χ1n) is 6.03. The molecule has 1 amide bonds. The molecule has 1 heterocycles. The van der Waals surface area contributed by atoms with E-state index < -0.39 is 0 Å². The summed E-state index contributed by atoms with van der Waals surface area (Å²) in [6, 6.07) is 9.40. The van der Waals surface area contributed by atoms with Crippen LogP contribution in [0.25, 0.3) is 0 Å². The highest BCUT2D eigenvalue weighted by atomic mass is 16.6. The standard InChI is InChI=1S/C14H16N2O2/c1-9(2)16-10(3)13(18-14(16)17)12-6-4-5-11(7-12)8-15/h4-7,9-10,13H,1-3H3. The molecule has 0 spiro atoms. The van der Waals surface area contributed by atoms with Gasteiger partial charge >= 0.3 is 6.09 Å². The summed E-state index contributed by atoms with van der Waals surface area (Å²) in [6.07, 6.45) is -0.585. The van der Waals surface area contributed by atoms with E-state index in [1.54, 1.807) is 17.0 Å². The molecule has 2 unspecified atom stereocenters. The lowest BCUT2D eigenvalue weighted by Gasteiger charge is -2.24. The lowest BCUT2D eigenvalue weighted by atomic mass is 10.0. The molecule has 2 rings (SSSR count). The molecule has 4 heteroatoms. The lowest BCUT2D eigenvalue weighted by Crippen LogP contribution is -2.37. The molecule has 2 atom stereocenters. The van der Waals surface area contributed by atoms with Crippen LogP contribution in [0.15, 0.2) is 24.3 Å². The Bertz CT molecular complexity index is 505. The summed E-state index contributed by atoms with van der Waals surface area (Å²) < 4.78 is 5.41. The smallest absolute Gasteiger partial charge is 0.411 e. The van der Waals surface area contributed by atoms with Crippen LogP contribution in [0.2, 0.25) is 0 Å². The number of hydrogen-bond acceptors (Lipinski definition) is 3. The number of hydrogen-bond donors (Lipinski definition) is 0. The number of amides is 1. The Labute approximate surface area is 107 Å². The van der Waals surface area contributed by atoms with Gasteiger partial charge in [0, 0.05) is 6.04 Å². The second-order valence-corrected chi connectivity index (χ2v) is 4.78. The van der Waals surface area contributed by atoms with Crippen molar-refractivity contribution < 1.29 is 9.53 Å². The SMILES string of the molecule is CC(C)N1C(=O)OC(c2cccc(C#N)c2)C1C. The van der Waals surface area contributed by atoms with Gasteiger partial charge in [0.1, 0.15) is 6.10 Å². The van der Waals surface area contributed by atoms with Gasteiger partial charge in [-0.15, -0.1) is 0 Å². The van der Waals surface area contributed by atoms with Crippen molar-refractivity contribution in [3.63, 3.8) is 0 Å². The topological polar surface area (TPSA) is 53.3 Å². The summed E-state index contributed by atoms with van der Waals surface area (Å²) in [5.41, 5.74) is 1.46. The fourth-order valence-electron chi connectivity index (χ4n) is 2.39. The van der Waals surface area contributed by atoms with Gasteiger partial charge in [-0.2, -0.15) is 5.26 Å². The van der Waals surface area contributed by atoms with E-state index in [1.165, 1.54) is 0 Å². The molecule has 1 aromatic carbocycles. The molecule has 94 valence electrons. The van der Waals surface area contributed by atoms with Gasteiger partial charge in [-0.25, -0.2) is 4.79 Å². The van der Waals surface area contributed by atoms with Gasteiger partial charge < -0.3 is 4.74 Å². The van der Waals surface area contributed by atoms with E-state index in [4.69, 9.17) is 10.00 Å². The summed E-state index contributed by atoms with van der Waals surface area (Å²) in [5, 5.41) is 8.89. The van der Waals surface area contributed by atoms with Crippen LogP contribution in [0.5, 0.6) is 0 Å². The van der Waals surface area contributed by atoms with Crippen LogP contribution in [0, 0.1) is 11.3 Å². The third-order valence-electron chi connectivity index (χ3n) is 3.22. The van der Waals surface area contributed by atoms with Gasteiger partial charge in [0.05, 0.1) is 17.7 Å². The quantitative estimate of drug-likeness (QED) is 0.803. The fraction of sp³-hybridized carbons (Fsp3) is 0.429. The number of ether oxygens (including phenoxy) is 1. The van der Waals surface area contributed by atoms with Crippen molar-refractivity contribution in [1.29, 1.82) is 5.26 Å². The highest BCUT2D eigenvalue weighted by Crippen LogP contribution is 2.33. The molecule has 0 bridgehead atoms. The zero-order valence-corrected chi connectivity index (χ0v) is 10.8. The van der Waals surface area contributed by atoms with Crippen LogP contribution in [0.1, 0.15) is 38.0 Å². The molecule has 0 aliphatic carbocycles. The van der Waals surface area contributed by atoms with Crippen LogP contribution >= 0.6 is 0 Å². The summed E-state index contributed by atoms with van der Waals surface area (Å²) in [5.74, 6) is 0. The number of benzene rings is 1. The first-order valence-corrected chi connectivity index (χ1v) is 6.03. The average molecular weight is 244 g/mol. The fourth-order valence-corrected chi connectivity index (χ4v) is 2.39. The van der Waals surface area contributed by atoms with Gasteiger partial charge in [-0.1, -0.05) is 12.1 Å². The predicted octanol–water partition coefficient (Wildman–Crippen LogP) is 2.85. The molecule has 1 saturated heterocycles. The Kier molecular flexibility index (Phi) is 3.24. The molecule has 18 heavy (non-hydrogen) atoms. The first-order chi connectivity index (χ1) is 8.54. The maximum Gasteiger partial charge on any atom is 0.411 e. The van der Waals surface area contributed by atoms with Crippen molar-refractivity contribution in [2.75, 3.05) is 0 Å². The van der Waals surface area contributed by atoms with Gasteiger partial charge in [0.25, 0.3) is 0 Å². The average Bonchev–Trinajstić information content (AvgIpc) is 2.65. The van der Waals surface area contributed by atoms with Gasteiger partial charge in [-0.05, 0) is 38.5 Å². The zero-order valence-electron chi connectivity index (χ0n) is 10.8. The minimum absolute atomic E-state index is 0.0218. The second kappa shape index (κ2) is 4.69. The molecule has 1 aliphatic heterocycles. The number of carbonyl (C=O) groups is 1. The van der Waals surface area contributed by atoms with E-state index in [0.717, 1.165) is 5.56 Å². The molecular weight excluding hydrogens is 228 g/mol. The number of rotatable bonds is 2. The largest absolute Gasteiger partial charge is 0.439 e. The Balaban J connectivity index is 2.30. The highest BCUT2D eigenvalue weighted by Gasteiger charge is 2.40. The molecule has 0 N–H and O–H groups in total. The number of nitrogens with zero attached hydrogens (tertiary/aromatic N) is 2. The van der Waals surface area contributed by atoms with Crippen LogP contribution in [0.3, 0.4) is 0 Å². The monoisotopic (exact) mass is 244 g/mol. The van der Waals surface area contributed by atoms with Crippen LogP contribution < -0.4 is 0 Å². The van der Waals surface area contributed by atoms with E-state index in [9.17, 15) is 4.79 Å². The molecular formula is C14H16N2O2. The van der Waals surface area contributed by atoms with E-state index in [0.29, 0.717) is 5.56 Å². The van der Waals surface area contributed by atoms with Crippen molar-refractivity contribution >= 4 is 6.09 Å². The molecule has 1 aromatic rings. The van der Waals surface area contributed by atoms with Crippen molar-refractivity contribution in [2.24, 2.45) is 0 Å². The molecule has 0 aromatic heterocycles. The lowest BCUT2D eigenvalue weighted by molar-refractivity contribution is 0.129. The summed E-state index contributed by atoms with van der Waals surface area (Å²) in [4.78, 5) is 13.5.